The number of ether oxygens (including phenoxy) is 1. The monoisotopic (exact) mass is 634 g/mol. The summed E-state index contributed by atoms with van der Waals surface area (Å²) in [7, 11) is 2.48. The fourth-order valence-corrected chi connectivity index (χ4v) is 4.46. The number of nitrogens with zero attached hydrogens (tertiary/aromatic N) is 1. The zero-order chi connectivity index (χ0) is 31.9. The molecule has 2 heterocycles. The van der Waals surface area contributed by atoms with Gasteiger partial charge in [-0.1, -0.05) is 17.7 Å². The maximum absolute atomic E-state index is 13.8. The van der Waals surface area contributed by atoms with Crippen molar-refractivity contribution in [2.45, 2.75) is 30.9 Å². The third-order valence-electron chi connectivity index (χ3n) is 6.49. The Hall–Kier alpha value is -4.20. The highest BCUT2D eigenvalue weighted by molar-refractivity contribution is 6.33. The van der Waals surface area contributed by atoms with E-state index in [9.17, 15) is 44.7 Å². The highest BCUT2D eigenvalue weighted by Gasteiger charge is 2.72. The Bertz CT molecular complexity index is 1700. The van der Waals surface area contributed by atoms with Crippen molar-refractivity contribution in [1.82, 2.24) is 10.3 Å². The molecule has 0 saturated carbocycles. The lowest BCUT2D eigenvalue weighted by molar-refractivity contribution is -0.355. The number of aromatic nitrogens is 1. The smallest absolute Gasteiger partial charge is 0.459 e. The van der Waals surface area contributed by atoms with Crippen LogP contribution in [0.4, 0.5) is 35.1 Å². The summed E-state index contributed by atoms with van der Waals surface area (Å²) in [6, 6.07) is 10.2. The van der Waals surface area contributed by atoms with Crippen molar-refractivity contribution in [3.05, 3.63) is 70.6 Å². The maximum atomic E-state index is 13.8. The zero-order valence-electron chi connectivity index (χ0n) is 22.0. The standard InChI is InChI=1S/C28H19ClF8N2O4/c1-38-24(41)21-18-12-16(23(29)39-25(18)43-22(21)13-3-6-15(30)7-4-13)14-5-8-20(42-2)17(11-14)19(40)9-10-26(31,32)27(33,34)28(35,36)37/h3-8,11-12H,9-10H2,1-2H3,(H,38,41). The van der Waals surface area contributed by atoms with E-state index < -0.39 is 53.9 Å². The molecule has 0 atom stereocenters. The molecule has 0 bridgehead atoms. The Labute approximate surface area is 242 Å². The summed E-state index contributed by atoms with van der Waals surface area (Å²) >= 11 is 6.37. The molecule has 6 nitrogen and oxygen atoms in total. The van der Waals surface area contributed by atoms with Crippen LogP contribution in [0.15, 0.2) is 52.9 Å². The first kappa shape index (κ1) is 31.7. The minimum Gasteiger partial charge on any atom is -0.496 e. The van der Waals surface area contributed by atoms with Crippen molar-refractivity contribution in [2.75, 3.05) is 14.2 Å². The summed E-state index contributed by atoms with van der Waals surface area (Å²) in [5.41, 5.74) is 0.0881. The molecule has 228 valence electrons. The number of amides is 1. The van der Waals surface area contributed by atoms with Crippen LogP contribution in [0.3, 0.4) is 0 Å². The number of Topliss-reactive ketones (excluding diaryl/α,β-unsaturated/α-hetero) is 1. The average molecular weight is 635 g/mol. The van der Waals surface area contributed by atoms with Gasteiger partial charge in [0.25, 0.3) is 5.91 Å². The van der Waals surface area contributed by atoms with Gasteiger partial charge in [0.05, 0.1) is 23.6 Å². The third-order valence-corrected chi connectivity index (χ3v) is 6.78. The molecule has 0 unspecified atom stereocenters. The Kier molecular flexibility index (Phi) is 8.47. The van der Waals surface area contributed by atoms with Gasteiger partial charge in [-0.05, 0) is 48.0 Å². The van der Waals surface area contributed by atoms with Gasteiger partial charge in [-0.2, -0.15) is 30.7 Å². The number of carbonyl (C=O) groups excluding carboxylic acids is 2. The highest BCUT2D eigenvalue weighted by Crippen LogP contribution is 2.48. The Morgan fingerprint density at radius 2 is 1.60 bits per heavy atom. The lowest BCUT2D eigenvalue weighted by atomic mass is 9.96. The lowest BCUT2D eigenvalue weighted by Gasteiger charge is -2.28. The molecular weight excluding hydrogens is 616 g/mol. The molecule has 4 rings (SSSR count). The molecule has 15 heteroatoms. The second kappa shape index (κ2) is 11.5. The highest BCUT2D eigenvalue weighted by atomic mass is 35.5. The van der Waals surface area contributed by atoms with Gasteiger partial charge in [0, 0.05) is 31.0 Å². The second-order valence-corrected chi connectivity index (χ2v) is 9.54. The largest absolute Gasteiger partial charge is 0.496 e. The van der Waals surface area contributed by atoms with Gasteiger partial charge in [-0.25, -0.2) is 9.37 Å². The molecule has 1 N–H and O–H groups in total. The van der Waals surface area contributed by atoms with Gasteiger partial charge >= 0.3 is 18.0 Å². The van der Waals surface area contributed by atoms with Gasteiger partial charge < -0.3 is 14.5 Å². The van der Waals surface area contributed by atoms with E-state index in [2.05, 4.69) is 10.3 Å². The average Bonchev–Trinajstić information content (AvgIpc) is 3.32. The predicted octanol–water partition coefficient (Wildman–Crippen LogP) is 8.12. The van der Waals surface area contributed by atoms with E-state index in [1.807, 2.05) is 0 Å². The molecule has 0 aliphatic heterocycles. The van der Waals surface area contributed by atoms with Crippen molar-refractivity contribution in [3.63, 3.8) is 0 Å². The Balaban J connectivity index is 1.77. The van der Waals surface area contributed by atoms with E-state index in [0.717, 1.165) is 25.3 Å². The summed E-state index contributed by atoms with van der Waals surface area (Å²) < 4.78 is 116. The number of halogens is 9. The summed E-state index contributed by atoms with van der Waals surface area (Å²) in [4.78, 5) is 29.8. The van der Waals surface area contributed by atoms with Crippen LogP contribution in [-0.4, -0.2) is 48.9 Å². The molecule has 1 amide bonds. The van der Waals surface area contributed by atoms with Crippen molar-refractivity contribution < 1.29 is 53.9 Å². The summed E-state index contributed by atoms with van der Waals surface area (Å²) in [6.45, 7) is 0. The molecule has 2 aromatic carbocycles. The van der Waals surface area contributed by atoms with Crippen LogP contribution in [0.5, 0.6) is 5.75 Å². The lowest BCUT2D eigenvalue weighted by Crippen LogP contribution is -2.52. The van der Waals surface area contributed by atoms with Crippen LogP contribution in [0.2, 0.25) is 5.15 Å². The number of pyridine rings is 1. The van der Waals surface area contributed by atoms with Gasteiger partial charge in [-0.15, -0.1) is 0 Å². The summed E-state index contributed by atoms with van der Waals surface area (Å²) in [5.74, 6) is -14.4. The number of alkyl halides is 7. The first-order valence-corrected chi connectivity index (χ1v) is 12.5. The number of hydrogen-bond donors (Lipinski definition) is 1. The van der Waals surface area contributed by atoms with E-state index in [1.54, 1.807) is 0 Å². The Morgan fingerprint density at radius 3 is 2.19 bits per heavy atom. The molecule has 2 aromatic heterocycles. The van der Waals surface area contributed by atoms with E-state index in [1.165, 1.54) is 37.4 Å². The second-order valence-electron chi connectivity index (χ2n) is 9.19. The predicted molar refractivity (Wildman–Crippen MR) is 139 cm³/mol. The van der Waals surface area contributed by atoms with Gasteiger partial charge in [0.2, 0.25) is 5.71 Å². The van der Waals surface area contributed by atoms with Gasteiger partial charge in [-0.3, -0.25) is 9.59 Å². The number of fused-ring (bicyclic) bond motifs is 1. The molecule has 0 aliphatic carbocycles. The maximum Gasteiger partial charge on any atom is 0.459 e. The van der Waals surface area contributed by atoms with Crippen molar-refractivity contribution in [2.24, 2.45) is 0 Å². The number of hydrogen-bond acceptors (Lipinski definition) is 5. The molecule has 4 aromatic rings. The van der Waals surface area contributed by atoms with Crippen LogP contribution in [-0.2, 0) is 0 Å². The van der Waals surface area contributed by atoms with E-state index in [4.69, 9.17) is 20.8 Å². The van der Waals surface area contributed by atoms with Crippen LogP contribution < -0.4 is 10.1 Å². The number of furan rings is 1. The normalized spacial score (nSPS) is 12.4. The van der Waals surface area contributed by atoms with E-state index in [-0.39, 0.29) is 44.5 Å². The Morgan fingerprint density at radius 1 is 0.977 bits per heavy atom. The van der Waals surface area contributed by atoms with Gasteiger partial charge in [0.15, 0.2) is 5.78 Å². The number of rotatable bonds is 9. The van der Waals surface area contributed by atoms with Crippen molar-refractivity contribution in [3.8, 4) is 28.2 Å². The molecule has 0 spiro atoms. The summed E-state index contributed by atoms with van der Waals surface area (Å²) in [6.07, 6.45) is -10.0. The van der Waals surface area contributed by atoms with E-state index in [0.29, 0.717) is 5.56 Å². The van der Waals surface area contributed by atoms with Crippen LogP contribution in [0, 0.1) is 5.82 Å². The van der Waals surface area contributed by atoms with Crippen LogP contribution in [0.1, 0.15) is 33.6 Å². The van der Waals surface area contributed by atoms with Crippen molar-refractivity contribution in [1.29, 1.82) is 0 Å². The van der Waals surface area contributed by atoms with Gasteiger partial charge in [0.1, 0.15) is 22.5 Å². The summed E-state index contributed by atoms with van der Waals surface area (Å²) in [5, 5.41) is 2.41. The topological polar surface area (TPSA) is 81.4 Å². The minimum atomic E-state index is -6.53. The number of carbonyl (C=O) groups is 2. The minimum absolute atomic E-state index is 0.00663. The number of nitrogens with one attached hydrogen (secondary N) is 1. The number of ketones is 1. The zero-order valence-corrected chi connectivity index (χ0v) is 22.8. The van der Waals surface area contributed by atoms with Crippen LogP contribution in [0.25, 0.3) is 33.6 Å². The molecule has 0 radical (unpaired) electrons. The first-order valence-electron chi connectivity index (χ1n) is 12.2. The molecule has 0 fully saturated rings. The third kappa shape index (κ3) is 5.88. The van der Waals surface area contributed by atoms with Crippen molar-refractivity contribution >= 4 is 34.4 Å². The van der Waals surface area contributed by atoms with Crippen LogP contribution >= 0.6 is 11.6 Å². The fraction of sp³-hybridized carbons (Fsp3) is 0.250. The van der Waals surface area contributed by atoms with E-state index >= 15 is 0 Å². The first-order chi connectivity index (χ1) is 20.0. The molecule has 43 heavy (non-hydrogen) atoms. The molecule has 0 aliphatic rings. The number of benzene rings is 2. The molecule has 0 saturated heterocycles. The number of methoxy groups -OCH3 is 1. The fourth-order valence-electron chi connectivity index (χ4n) is 4.22. The SMILES string of the molecule is CNC(=O)c1c(-c2ccc(F)cc2)oc2nc(Cl)c(-c3ccc(OC)c(C(=O)CCC(F)(F)C(F)(F)C(F)(F)F)c3)cc12. The molecular formula is C28H19ClF8N2O4. The quantitative estimate of drug-likeness (QED) is 0.114.